The zero-order chi connectivity index (χ0) is 22.1. The number of amides is 3. The Morgan fingerprint density at radius 3 is 2.40 bits per heavy atom. The van der Waals surface area contributed by atoms with E-state index in [4.69, 9.17) is 4.74 Å². The summed E-state index contributed by atoms with van der Waals surface area (Å²) in [5.74, 6) is -1.39. The van der Waals surface area contributed by atoms with E-state index in [0.29, 0.717) is 17.9 Å². The van der Waals surface area contributed by atoms with Crippen molar-refractivity contribution in [1.29, 1.82) is 0 Å². The van der Waals surface area contributed by atoms with E-state index in [0.717, 1.165) is 22.4 Å². The number of aryl methyl sites for hydroxylation is 3. The molecule has 8 heteroatoms. The highest BCUT2D eigenvalue weighted by molar-refractivity contribution is 6.35. The van der Waals surface area contributed by atoms with E-state index in [1.165, 1.54) is 6.21 Å². The van der Waals surface area contributed by atoms with Crippen LogP contribution in [0.25, 0.3) is 0 Å². The summed E-state index contributed by atoms with van der Waals surface area (Å²) < 4.78 is 5.56. The number of ether oxygens (including phenoxy) is 1. The van der Waals surface area contributed by atoms with Crippen molar-refractivity contribution in [3.8, 4) is 5.75 Å². The Morgan fingerprint density at radius 2 is 1.73 bits per heavy atom. The zero-order valence-electron chi connectivity index (χ0n) is 17.5. The van der Waals surface area contributed by atoms with E-state index in [1.807, 2.05) is 32.9 Å². The van der Waals surface area contributed by atoms with E-state index < -0.39 is 11.8 Å². The molecule has 0 spiro atoms. The molecule has 8 nitrogen and oxygen atoms in total. The van der Waals surface area contributed by atoms with Crippen LogP contribution in [-0.4, -0.2) is 37.1 Å². The highest BCUT2D eigenvalue weighted by Gasteiger charge is 2.11. The van der Waals surface area contributed by atoms with E-state index in [1.54, 1.807) is 31.2 Å². The largest absolute Gasteiger partial charge is 0.484 e. The van der Waals surface area contributed by atoms with Gasteiger partial charge in [0.15, 0.2) is 6.61 Å². The van der Waals surface area contributed by atoms with Crippen LogP contribution in [0.4, 0.5) is 5.69 Å². The van der Waals surface area contributed by atoms with Crippen molar-refractivity contribution >= 4 is 29.6 Å². The number of benzene rings is 2. The van der Waals surface area contributed by atoms with Gasteiger partial charge in [0.05, 0.1) is 6.21 Å². The smallest absolute Gasteiger partial charge is 0.329 e. The van der Waals surface area contributed by atoms with Gasteiger partial charge in [0, 0.05) is 12.2 Å². The number of carbonyl (C=O) groups excluding carboxylic acids is 3. The lowest BCUT2D eigenvalue weighted by atomic mass is 10.1. The quantitative estimate of drug-likeness (QED) is 0.369. The fourth-order valence-corrected chi connectivity index (χ4v) is 2.84. The van der Waals surface area contributed by atoms with Gasteiger partial charge in [0.25, 0.3) is 5.91 Å². The monoisotopic (exact) mass is 410 g/mol. The number of nitrogens with zero attached hydrogens (tertiary/aromatic N) is 1. The van der Waals surface area contributed by atoms with Gasteiger partial charge in [-0.2, -0.15) is 5.10 Å². The maximum atomic E-state index is 12.3. The molecule has 2 aromatic carbocycles. The fourth-order valence-electron chi connectivity index (χ4n) is 2.84. The summed E-state index contributed by atoms with van der Waals surface area (Å²) in [4.78, 5) is 35.1. The summed E-state index contributed by atoms with van der Waals surface area (Å²) in [6.45, 7) is 7.82. The van der Waals surface area contributed by atoms with Crippen LogP contribution in [0.1, 0.15) is 29.2 Å². The number of rotatable bonds is 7. The highest BCUT2D eigenvalue weighted by atomic mass is 16.5. The average molecular weight is 410 g/mol. The van der Waals surface area contributed by atoms with Gasteiger partial charge in [-0.05, 0) is 56.5 Å². The van der Waals surface area contributed by atoms with E-state index >= 15 is 0 Å². The third-order valence-corrected chi connectivity index (χ3v) is 4.09. The molecule has 0 radical (unpaired) electrons. The van der Waals surface area contributed by atoms with Crippen molar-refractivity contribution in [3.05, 3.63) is 58.7 Å². The minimum Gasteiger partial charge on any atom is -0.484 e. The minimum atomic E-state index is -0.848. The second-order valence-electron chi connectivity index (χ2n) is 6.74. The number of nitrogens with one attached hydrogen (secondary N) is 3. The lowest BCUT2D eigenvalue weighted by Crippen LogP contribution is -2.37. The Bertz CT molecular complexity index is 946. The Balaban J connectivity index is 1.91. The maximum Gasteiger partial charge on any atom is 0.329 e. The standard InChI is InChI=1S/C22H26N4O4/c1-5-23-21(28)22(29)26-24-12-17-7-6-8-18(11-17)30-13-19(27)25-20-15(3)9-14(2)10-16(20)4/h6-12H,5,13H2,1-4H3,(H,23,28)(H,25,27)(H,26,29)/b24-12-. The lowest BCUT2D eigenvalue weighted by molar-refractivity contribution is -0.139. The van der Waals surface area contributed by atoms with Gasteiger partial charge in [-0.25, -0.2) is 5.43 Å². The number of likely N-dealkylation sites (N-methyl/N-ethyl adjacent to an activating group) is 1. The Kier molecular flexibility index (Phi) is 8.10. The first kappa shape index (κ1) is 22.6. The molecule has 0 unspecified atom stereocenters. The molecule has 2 rings (SSSR count). The molecule has 2 aromatic rings. The van der Waals surface area contributed by atoms with Crippen molar-refractivity contribution in [2.75, 3.05) is 18.5 Å². The first-order valence-corrected chi connectivity index (χ1v) is 9.52. The van der Waals surface area contributed by atoms with Crippen LogP contribution in [0.3, 0.4) is 0 Å². The Hall–Kier alpha value is -3.68. The topological polar surface area (TPSA) is 109 Å². The average Bonchev–Trinajstić information content (AvgIpc) is 2.69. The maximum absolute atomic E-state index is 12.3. The number of hydrogen-bond acceptors (Lipinski definition) is 5. The number of hydrazone groups is 1. The summed E-state index contributed by atoms with van der Waals surface area (Å²) in [5, 5.41) is 9.00. The second kappa shape index (κ2) is 10.8. The predicted molar refractivity (Wildman–Crippen MR) is 116 cm³/mol. The van der Waals surface area contributed by atoms with Crippen LogP contribution in [0.15, 0.2) is 41.5 Å². The van der Waals surface area contributed by atoms with Crippen LogP contribution < -0.4 is 20.8 Å². The van der Waals surface area contributed by atoms with Crippen LogP contribution in [0.5, 0.6) is 5.75 Å². The Morgan fingerprint density at radius 1 is 1.03 bits per heavy atom. The van der Waals surface area contributed by atoms with Gasteiger partial charge < -0.3 is 15.4 Å². The molecule has 0 fully saturated rings. The molecule has 0 saturated carbocycles. The third-order valence-electron chi connectivity index (χ3n) is 4.09. The molecule has 0 bridgehead atoms. The highest BCUT2D eigenvalue weighted by Crippen LogP contribution is 2.22. The first-order chi connectivity index (χ1) is 14.3. The Labute approximate surface area is 175 Å². The van der Waals surface area contributed by atoms with Crippen molar-refractivity contribution < 1.29 is 19.1 Å². The molecule has 0 atom stereocenters. The van der Waals surface area contributed by atoms with Gasteiger partial charge in [0.2, 0.25) is 0 Å². The van der Waals surface area contributed by atoms with Crippen LogP contribution in [0, 0.1) is 20.8 Å². The van der Waals surface area contributed by atoms with Gasteiger partial charge in [-0.1, -0.05) is 29.8 Å². The predicted octanol–water partition coefficient (Wildman–Crippen LogP) is 2.22. The SMILES string of the molecule is CCNC(=O)C(=O)N/N=C\c1cccc(OCC(=O)Nc2c(C)cc(C)cc2C)c1. The number of anilines is 1. The summed E-state index contributed by atoms with van der Waals surface area (Å²) in [7, 11) is 0. The second-order valence-corrected chi connectivity index (χ2v) is 6.74. The van der Waals surface area contributed by atoms with Crippen molar-refractivity contribution in [3.63, 3.8) is 0 Å². The molecule has 30 heavy (non-hydrogen) atoms. The zero-order valence-corrected chi connectivity index (χ0v) is 17.5. The number of carbonyl (C=O) groups is 3. The molecule has 0 saturated heterocycles. The molecule has 3 N–H and O–H groups in total. The molecule has 0 aliphatic rings. The van der Waals surface area contributed by atoms with E-state index in [9.17, 15) is 14.4 Å². The first-order valence-electron chi connectivity index (χ1n) is 9.52. The molecule has 0 aromatic heterocycles. The van der Waals surface area contributed by atoms with Gasteiger partial charge in [-0.15, -0.1) is 0 Å². The molecule has 0 heterocycles. The minimum absolute atomic E-state index is 0.152. The summed E-state index contributed by atoms with van der Waals surface area (Å²) in [6, 6.07) is 10.9. The third kappa shape index (κ3) is 6.73. The van der Waals surface area contributed by atoms with Crippen LogP contribution in [0.2, 0.25) is 0 Å². The normalized spacial score (nSPS) is 10.5. The van der Waals surface area contributed by atoms with E-state index in [-0.39, 0.29) is 12.5 Å². The van der Waals surface area contributed by atoms with Crippen molar-refractivity contribution in [2.24, 2.45) is 5.10 Å². The van der Waals surface area contributed by atoms with Crippen LogP contribution >= 0.6 is 0 Å². The molecule has 158 valence electrons. The van der Waals surface area contributed by atoms with Crippen LogP contribution in [-0.2, 0) is 14.4 Å². The molecular weight excluding hydrogens is 384 g/mol. The fraction of sp³-hybridized carbons (Fsp3) is 0.273. The van der Waals surface area contributed by atoms with Crippen molar-refractivity contribution in [1.82, 2.24) is 10.7 Å². The lowest BCUT2D eigenvalue weighted by Gasteiger charge is -2.13. The molecule has 3 amide bonds. The molecule has 0 aliphatic carbocycles. The van der Waals surface area contributed by atoms with Gasteiger partial charge in [0.1, 0.15) is 5.75 Å². The number of hydrogen-bond donors (Lipinski definition) is 3. The summed E-state index contributed by atoms with van der Waals surface area (Å²) in [6.07, 6.45) is 1.38. The molecular formula is C22H26N4O4. The van der Waals surface area contributed by atoms with Gasteiger partial charge in [-0.3, -0.25) is 14.4 Å². The molecule has 0 aliphatic heterocycles. The van der Waals surface area contributed by atoms with E-state index in [2.05, 4.69) is 21.2 Å². The summed E-state index contributed by atoms with van der Waals surface area (Å²) in [5.41, 5.74) is 6.69. The summed E-state index contributed by atoms with van der Waals surface area (Å²) >= 11 is 0. The van der Waals surface area contributed by atoms with Gasteiger partial charge >= 0.3 is 11.8 Å². The van der Waals surface area contributed by atoms with Crippen molar-refractivity contribution in [2.45, 2.75) is 27.7 Å².